The van der Waals surface area contributed by atoms with Crippen LogP contribution < -0.4 is 10.6 Å². The van der Waals surface area contributed by atoms with E-state index in [0.717, 1.165) is 42.2 Å². The third kappa shape index (κ3) is 7.17. The molecule has 0 unspecified atom stereocenters. The van der Waals surface area contributed by atoms with Crippen molar-refractivity contribution in [2.45, 2.75) is 32.9 Å². The number of thiazole rings is 1. The molecule has 3 rings (SSSR count). The minimum atomic E-state index is 0. The summed E-state index contributed by atoms with van der Waals surface area (Å²) >= 11 is 8.00. The van der Waals surface area contributed by atoms with Gasteiger partial charge in [-0.05, 0) is 50.4 Å². The highest BCUT2D eigenvalue weighted by molar-refractivity contribution is 14.0. The van der Waals surface area contributed by atoms with Crippen molar-refractivity contribution < 1.29 is 0 Å². The summed E-state index contributed by atoms with van der Waals surface area (Å²) in [7, 11) is 1.81. The highest BCUT2D eigenvalue weighted by Gasteiger charge is 2.20. The number of rotatable bonds is 6. The zero-order valence-electron chi connectivity index (χ0n) is 16.4. The van der Waals surface area contributed by atoms with Gasteiger partial charge in [-0.3, -0.25) is 9.89 Å². The molecule has 2 heterocycles. The molecule has 2 aromatic rings. The van der Waals surface area contributed by atoms with Gasteiger partial charge >= 0.3 is 0 Å². The Balaban J connectivity index is 0.00000280. The Hall–Kier alpha value is -0.900. The van der Waals surface area contributed by atoms with Gasteiger partial charge < -0.3 is 10.6 Å². The monoisotopic (exact) mass is 533 g/mol. The summed E-state index contributed by atoms with van der Waals surface area (Å²) in [5, 5.41) is 8.77. The molecular formula is C20H29ClIN5S. The molecule has 1 aliphatic heterocycles. The first-order valence-electron chi connectivity index (χ1n) is 9.45. The quantitative estimate of drug-likeness (QED) is 0.330. The minimum absolute atomic E-state index is 0. The number of aryl methyl sites for hydroxylation is 1. The Bertz CT molecular complexity index is 759. The third-order valence-electron chi connectivity index (χ3n) is 4.92. The normalized spacial score (nSPS) is 15.9. The van der Waals surface area contributed by atoms with E-state index in [2.05, 4.69) is 44.6 Å². The zero-order valence-corrected chi connectivity index (χ0v) is 20.4. The van der Waals surface area contributed by atoms with E-state index < -0.39 is 0 Å². The molecule has 5 nitrogen and oxygen atoms in total. The predicted molar refractivity (Wildman–Crippen MR) is 130 cm³/mol. The molecule has 0 atom stereocenters. The van der Waals surface area contributed by atoms with Crippen molar-refractivity contribution in [1.82, 2.24) is 20.5 Å². The molecule has 0 saturated carbocycles. The van der Waals surface area contributed by atoms with E-state index in [4.69, 9.17) is 11.6 Å². The summed E-state index contributed by atoms with van der Waals surface area (Å²) in [5.41, 5.74) is 1.22. The van der Waals surface area contributed by atoms with Crippen LogP contribution in [0.5, 0.6) is 0 Å². The van der Waals surface area contributed by atoms with Gasteiger partial charge in [-0.1, -0.05) is 29.8 Å². The van der Waals surface area contributed by atoms with Gasteiger partial charge in [-0.2, -0.15) is 0 Å². The largest absolute Gasteiger partial charge is 0.356 e. The van der Waals surface area contributed by atoms with Crippen LogP contribution in [0, 0.1) is 12.8 Å². The van der Waals surface area contributed by atoms with Gasteiger partial charge in [0.2, 0.25) is 0 Å². The number of nitrogens with zero attached hydrogens (tertiary/aromatic N) is 3. The molecule has 0 bridgehead atoms. The van der Waals surface area contributed by atoms with Crippen LogP contribution in [0.4, 0.5) is 0 Å². The Morgan fingerprint density at radius 2 is 2.04 bits per heavy atom. The smallest absolute Gasteiger partial charge is 0.191 e. The second-order valence-corrected chi connectivity index (χ2v) is 8.71. The molecule has 0 aliphatic carbocycles. The zero-order chi connectivity index (χ0) is 19.1. The number of benzene rings is 1. The van der Waals surface area contributed by atoms with E-state index in [1.165, 1.54) is 23.3 Å². The first kappa shape index (κ1) is 23.4. The van der Waals surface area contributed by atoms with Crippen molar-refractivity contribution in [3.8, 4) is 0 Å². The SMILES string of the molecule is CN=C(NCc1ncc(C)s1)NCC1CCN(Cc2ccccc2Cl)CC1.I. The number of hydrogen-bond donors (Lipinski definition) is 2. The van der Waals surface area contributed by atoms with Gasteiger partial charge in [0.15, 0.2) is 5.96 Å². The lowest BCUT2D eigenvalue weighted by Gasteiger charge is -2.32. The van der Waals surface area contributed by atoms with Crippen LogP contribution in [-0.4, -0.2) is 42.5 Å². The summed E-state index contributed by atoms with van der Waals surface area (Å²) in [6.07, 6.45) is 4.30. The topological polar surface area (TPSA) is 52.6 Å². The predicted octanol–water partition coefficient (Wildman–Crippen LogP) is 4.30. The molecule has 8 heteroatoms. The highest BCUT2D eigenvalue weighted by atomic mass is 127. The van der Waals surface area contributed by atoms with Crippen LogP contribution in [0.15, 0.2) is 35.5 Å². The van der Waals surface area contributed by atoms with Crippen LogP contribution in [0.2, 0.25) is 5.02 Å². The van der Waals surface area contributed by atoms with Crippen molar-refractivity contribution in [3.05, 3.63) is 50.9 Å². The van der Waals surface area contributed by atoms with Gasteiger partial charge in [0, 0.05) is 36.2 Å². The average Bonchev–Trinajstić information content (AvgIpc) is 3.10. The van der Waals surface area contributed by atoms with Gasteiger partial charge in [0.05, 0.1) is 6.54 Å². The second kappa shape index (κ2) is 11.9. The summed E-state index contributed by atoms with van der Waals surface area (Å²) in [5.74, 6) is 1.52. The standard InChI is InChI=1S/C20H28ClN5S.HI/c1-15-11-23-19(27-15)13-25-20(22-2)24-12-16-7-9-26(10-8-16)14-17-5-3-4-6-18(17)21;/h3-6,11,16H,7-10,12-14H2,1-2H3,(H2,22,24,25);1H. The van der Waals surface area contributed by atoms with E-state index >= 15 is 0 Å². The number of halogens is 2. The Labute approximate surface area is 194 Å². The van der Waals surface area contributed by atoms with E-state index in [9.17, 15) is 0 Å². The second-order valence-electron chi connectivity index (χ2n) is 6.98. The van der Waals surface area contributed by atoms with Gasteiger partial charge in [0.1, 0.15) is 5.01 Å². The summed E-state index contributed by atoms with van der Waals surface area (Å²) in [6, 6.07) is 8.14. The number of aliphatic imine (C=N–C) groups is 1. The lowest BCUT2D eigenvalue weighted by molar-refractivity contribution is 0.178. The summed E-state index contributed by atoms with van der Waals surface area (Å²) < 4.78 is 0. The van der Waals surface area contributed by atoms with Crippen molar-refractivity contribution in [2.24, 2.45) is 10.9 Å². The number of aromatic nitrogens is 1. The Kier molecular flexibility index (Phi) is 9.98. The lowest BCUT2D eigenvalue weighted by Crippen LogP contribution is -2.42. The molecule has 1 saturated heterocycles. The maximum atomic E-state index is 6.29. The Morgan fingerprint density at radius 3 is 2.68 bits per heavy atom. The maximum Gasteiger partial charge on any atom is 0.191 e. The average molecular weight is 534 g/mol. The molecule has 1 aliphatic rings. The summed E-state index contributed by atoms with van der Waals surface area (Å²) in [6.45, 7) is 6.91. The van der Waals surface area contributed by atoms with E-state index in [0.29, 0.717) is 12.5 Å². The summed E-state index contributed by atoms with van der Waals surface area (Å²) in [4.78, 5) is 12.4. The Morgan fingerprint density at radius 1 is 1.29 bits per heavy atom. The number of piperidine rings is 1. The molecule has 154 valence electrons. The number of guanidine groups is 1. The molecular weight excluding hydrogens is 505 g/mol. The van der Waals surface area contributed by atoms with Crippen molar-refractivity contribution in [3.63, 3.8) is 0 Å². The highest BCUT2D eigenvalue weighted by Crippen LogP contribution is 2.22. The van der Waals surface area contributed by atoms with Gasteiger partial charge in [0.25, 0.3) is 0 Å². The van der Waals surface area contributed by atoms with Crippen molar-refractivity contribution >= 4 is 52.9 Å². The van der Waals surface area contributed by atoms with Crippen molar-refractivity contribution in [1.29, 1.82) is 0 Å². The van der Waals surface area contributed by atoms with E-state index in [-0.39, 0.29) is 24.0 Å². The van der Waals surface area contributed by atoms with Crippen LogP contribution in [0.3, 0.4) is 0 Å². The fourth-order valence-corrected chi connectivity index (χ4v) is 4.24. The van der Waals surface area contributed by atoms with Gasteiger partial charge in [-0.15, -0.1) is 35.3 Å². The van der Waals surface area contributed by atoms with Crippen LogP contribution in [0.1, 0.15) is 28.3 Å². The fourth-order valence-electron chi connectivity index (χ4n) is 3.32. The molecule has 1 aromatic carbocycles. The molecule has 1 aromatic heterocycles. The van der Waals surface area contributed by atoms with Crippen LogP contribution in [0.25, 0.3) is 0 Å². The first-order valence-corrected chi connectivity index (χ1v) is 10.6. The molecule has 2 N–H and O–H groups in total. The molecule has 1 fully saturated rings. The minimum Gasteiger partial charge on any atom is -0.356 e. The molecule has 0 radical (unpaired) electrons. The number of nitrogens with one attached hydrogen (secondary N) is 2. The van der Waals surface area contributed by atoms with E-state index in [1.54, 1.807) is 11.3 Å². The molecule has 28 heavy (non-hydrogen) atoms. The van der Waals surface area contributed by atoms with Crippen LogP contribution >= 0.6 is 46.9 Å². The molecule has 0 amide bonds. The number of likely N-dealkylation sites (tertiary alicyclic amines) is 1. The lowest BCUT2D eigenvalue weighted by atomic mass is 9.96. The first-order chi connectivity index (χ1) is 13.1. The fraction of sp³-hybridized carbons (Fsp3) is 0.500. The maximum absolute atomic E-state index is 6.29. The van der Waals surface area contributed by atoms with Crippen molar-refractivity contribution in [2.75, 3.05) is 26.7 Å². The molecule has 0 spiro atoms. The number of hydrogen-bond acceptors (Lipinski definition) is 4. The third-order valence-corrected chi connectivity index (χ3v) is 6.20. The van der Waals surface area contributed by atoms with Gasteiger partial charge in [-0.25, -0.2) is 4.98 Å². The van der Waals surface area contributed by atoms with E-state index in [1.807, 2.05) is 25.4 Å². The van der Waals surface area contributed by atoms with Crippen LogP contribution in [-0.2, 0) is 13.1 Å².